The Morgan fingerprint density at radius 2 is 1.90 bits per heavy atom. The van der Waals surface area contributed by atoms with E-state index in [0.717, 1.165) is 42.1 Å². The van der Waals surface area contributed by atoms with Gasteiger partial charge in [-0.05, 0) is 39.1 Å². The Morgan fingerprint density at radius 1 is 1.14 bits per heavy atom. The fourth-order valence-electron chi connectivity index (χ4n) is 3.49. The van der Waals surface area contributed by atoms with Crippen LogP contribution in [0.5, 0.6) is 0 Å². The minimum absolute atomic E-state index is 0.250. The van der Waals surface area contributed by atoms with Crippen molar-refractivity contribution in [2.45, 2.75) is 37.6 Å². The minimum Gasteiger partial charge on any atom is -0.297 e. The highest BCUT2D eigenvalue weighted by Crippen LogP contribution is 2.35. The maximum Gasteiger partial charge on any atom is 0.183 e. The maximum absolute atomic E-state index is 13.1. The van der Waals surface area contributed by atoms with Gasteiger partial charge >= 0.3 is 0 Å². The summed E-state index contributed by atoms with van der Waals surface area (Å²) in [5, 5.41) is 1.08. The molecule has 110 valence electrons. The van der Waals surface area contributed by atoms with Crippen LogP contribution in [0, 0.1) is 0 Å². The number of hydrogen-bond donors (Lipinski definition) is 0. The van der Waals surface area contributed by atoms with Gasteiger partial charge in [-0.1, -0.05) is 37.5 Å². The Hall–Kier alpha value is -1.74. The molecular formula is C18H22N2O. The average molecular weight is 282 g/mol. The van der Waals surface area contributed by atoms with Gasteiger partial charge < -0.3 is 0 Å². The Balaban J connectivity index is 2.01. The lowest BCUT2D eigenvalue weighted by molar-refractivity contribution is 0.0564. The van der Waals surface area contributed by atoms with Gasteiger partial charge in [0.2, 0.25) is 0 Å². The number of hydrogen-bond acceptors (Lipinski definition) is 3. The normalized spacial score (nSPS) is 18.0. The van der Waals surface area contributed by atoms with Gasteiger partial charge in [-0.2, -0.15) is 0 Å². The van der Waals surface area contributed by atoms with Crippen molar-refractivity contribution in [2.24, 2.45) is 0 Å². The summed E-state index contributed by atoms with van der Waals surface area (Å²) >= 11 is 0. The fraction of sp³-hybridized carbons (Fsp3) is 0.444. The summed E-state index contributed by atoms with van der Waals surface area (Å²) < 4.78 is 0. The molecule has 0 saturated heterocycles. The molecule has 1 heterocycles. The molecule has 1 aromatic carbocycles. The number of pyridine rings is 1. The average Bonchev–Trinajstić information content (AvgIpc) is 2.54. The minimum atomic E-state index is -0.333. The lowest BCUT2D eigenvalue weighted by Gasteiger charge is -2.41. The third kappa shape index (κ3) is 2.46. The quantitative estimate of drug-likeness (QED) is 0.805. The van der Waals surface area contributed by atoms with Crippen molar-refractivity contribution in [2.75, 3.05) is 14.1 Å². The molecule has 0 spiro atoms. The van der Waals surface area contributed by atoms with E-state index in [-0.39, 0.29) is 11.3 Å². The van der Waals surface area contributed by atoms with E-state index < -0.39 is 0 Å². The van der Waals surface area contributed by atoms with Crippen LogP contribution in [0.4, 0.5) is 0 Å². The molecule has 1 aliphatic carbocycles. The topological polar surface area (TPSA) is 33.2 Å². The third-order valence-electron chi connectivity index (χ3n) is 4.83. The molecule has 3 rings (SSSR count). The first-order chi connectivity index (χ1) is 10.1. The molecule has 0 N–H and O–H groups in total. The lowest BCUT2D eigenvalue weighted by atomic mass is 9.75. The Labute approximate surface area is 126 Å². The standard InChI is InChI=1S/C18H22N2O/c1-20(2)18(10-4-3-5-11-18)17(21)15-9-8-14-7-6-12-19-16(14)13-15/h6-9,12-13H,3-5,10-11H2,1-2H3. The second kappa shape index (κ2) is 5.57. The number of Topliss-reactive ketones (excluding diaryl/α,β-unsaturated/α-hetero) is 1. The fourth-order valence-corrected chi connectivity index (χ4v) is 3.49. The predicted octanol–water partition coefficient (Wildman–Crippen LogP) is 3.68. The summed E-state index contributed by atoms with van der Waals surface area (Å²) in [6.45, 7) is 0. The number of ketones is 1. The summed E-state index contributed by atoms with van der Waals surface area (Å²) in [5.41, 5.74) is 1.35. The van der Waals surface area contributed by atoms with E-state index in [1.54, 1.807) is 6.20 Å². The molecular weight excluding hydrogens is 260 g/mol. The zero-order valence-corrected chi connectivity index (χ0v) is 12.8. The first kappa shape index (κ1) is 14.2. The summed E-state index contributed by atoms with van der Waals surface area (Å²) in [5.74, 6) is 0.250. The molecule has 0 unspecified atom stereocenters. The molecule has 1 saturated carbocycles. The van der Waals surface area contributed by atoms with Crippen molar-refractivity contribution in [1.29, 1.82) is 0 Å². The molecule has 3 heteroatoms. The van der Waals surface area contributed by atoms with E-state index in [1.807, 2.05) is 44.4 Å². The van der Waals surface area contributed by atoms with Crippen molar-refractivity contribution in [1.82, 2.24) is 9.88 Å². The highest BCUT2D eigenvalue weighted by Gasteiger charge is 2.41. The Morgan fingerprint density at radius 3 is 2.62 bits per heavy atom. The molecule has 3 nitrogen and oxygen atoms in total. The molecule has 1 aliphatic rings. The zero-order chi connectivity index (χ0) is 14.9. The summed E-state index contributed by atoms with van der Waals surface area (Å²) in [6, 6.07) is 9.84. The van der Waals surface area contributed by atoms with Gasteiger partial charge in [0.15, 0.2) is 5.78 Å². The van der Waals surface area contributed by atoms with Crippen LogP contribution in [-0.2, 0) is 0 Å². The number of carbonyl (C=O) groups excluding carboxylic acids is 1. The van der Waals surface area contributed by atoms with Crippen LogP contribution < -0.4 is 0 Å². The van der Waals surface area contributed by atoms with Crippen LogP contribution >= 0.6 is 0 Å². The van der Waals surface area contributed by atoms with Crippen LogP contribution in [-0.4, -0.2) is 35.3 Å². The molecule has 0 radical (unpaired) electrons. The van der Waals surface area contributed by atoms with Crippen LogP contribution in [0.1, 0.15) is 42.5 Å². The monoisotopic (exact) mass is 282 g/mol. The summed E-state index contributed by atoms with van der Waals surface area (Å²) in [7, 11) is 4.06. The number of carbonyl (C=O) groups is 1. The van der Waals surface area contributed by atoms with Crippen molar-refractivity contribution in [3.05, 3.63) is 42.1 Å². The molecule has 1 fully saturated rings. The van der Waals surface area contributed by atoms with Gasteiger partial charge in [-0.25, -0.2) is 0 Å². The third-order valence-corrected chi connectivity index (χ3v) is 4.83. The van der Waals surface area contributed by atoms with Crippen molar-refractivity contribution in [3.63, 3.8) is 0 Å². The number of benzene rings is 1. The zero-order valence-electron chi connectivity index (χ0n) is 12.8. The van der Waals surface area contributed by atoms with E-state index in [2.05, 4.69) is 9.88 Å². The largest absolute Gasteiger partial charge is 0.297 e. The molecule has 0 amide bonds. The molecule has 1 aromatic heterocycles. The van der Waals surface area contributed by atoms with Gasteiger partial charge in [-0.3, -0.25) is 14.7 Å². The Kier molecular flexibility index (Phi) is 3.77. The van der Waals surface area contributed by atoms with Gasteiger partial charge in [0.1, 0.15) is 0 Å². The second-order valence-electron chi connectivity index (χ2n) is 6.23. The summed E-state index contributed by atoms with van der Waals surface area (Å²) in [6.07, 6.45) is 7.20. The van der Waals surface area contributed by atoms with E-state index in [4.69, 9.17) is 0 Å². The Bertz CT molecular complexity index is 657. The number of likely N-dealkylation sites (N-methyl/N-ethyl adjacent to an activating group) is 1. The highest BCUT2D eigenvalue weighted by molar-refractivity contribution is 6.05. The van der Waals surface area contributed by atoms with Crippen LogP contribution in [0.15, 0.2) is 36.5 Å². The molecule has 0 bridgehead atoms. The van der Waals surface area contributed by atoms with Gasteiger partial charge in [0, 0.05) is 17.1 Å². The second-order valence-corrected chi connectivity index (χ2v) is 6.23. The molecule has 2 aromatic rings. The number of fused-ring (bicyclic) bond motifs is 1. The van der Waals surface area contributed by atoms with Crippen LogP contribution in [0.2, 0.25) is 0 Å². The number of aromatic nitrogens is 1. The molecule has 21 heavy (non-hydrogen) atoms. The lowest BCUT2D eigenvalue weighted by Crippen LogP contribution is -2.52. The van der Waals surface area contributed by atoms with Crippen LogP contribution in [0.25, 0.3) is 10.9 Å². The van der Waals surface area contributed by atoms with Crippen molar-refractivity contribution < 1.29 is 4.79 Å². The van der Waals surface area contributed by atoms with E-state index in [9.17, 15) is 4.79 Å². The molecule has 0 atom stereocenters. The van der Waals surface area contributed by atoms with Crippen molar-refractivity contribution >= 4 is 16.7 Å². The van der Waals surface area contributed by atoms with E-state index >= 15 is 0 Å². The number of nitrogens with zero attached hydrogens (tertiary/aromatic N) is 2. The SMILES string of the molecule is CN(C)C1(C(=O)c2ccc3cccnc3c2)CCCCC1. The summed E-state index contributed by atoms with van der Waals surface area (Å²) in [4.78, 5) is 19.6. The predicted molar refractivity (Wildman–Crippen MR) is 85.6 cm³/mol. The maximum atomic E-state index is 13.1. The highest BCUT2D eigenvalue weighted by atomic mass is 16.1. The van der Waals surface area contributed by atoms with E-state index in [0.29, 0.717) is 0 Å². The first-order valence-electron chi connectivity index (χ1n) is 7.70. The number of rotatable bonds is 3. The smallest absolute Gasteiger partial charge is 0.183 e. The van der Waals surface area contributed by atoms with Crippen molar-refractivity contribution in [3.8, 4) is 0 Å². The van der Waals surface area contributed by atoms with Crippen LogP contribution in [0.3, 0.4) is 0 Å². The first-order valence-corrected chi connectivity index (χ1v) is 7.70. The molecule has 0 aliphatic heterocycles. The van der Waals surface area contributed by atoms with E-state index in [1.165, 1.54) is 6.42 Å². The van der Waals surface area contributed by atoms with Gasteiger partial charge in [0.05, 0.1) is 11.1 Å². The van der Waals surface area contributed by atoms with Gasteiger partial charge in [-0.15, -0.1) is 0 Å². The van der Waals surface area contributed by atoms with Gasteiger partial charge in [0.25, 0.3) is 0 Å².